The van der Waals surface area contributed by atoms with Crippen LogP contribution in [-0.4, -0.2) is 45.4 Å². The highest BCUT2D eigenvalue weighted by atomic mass is 35.5. The Morgan fingerprint density at radius 3 is 2.64 bits per heavy atom. The van der Waals surface area contributed by atoms with Crippen LogP contribution in [0.2, 0.25) is 5.02 Å². The molecule has 116 valence electrons. The van der Waals surface area contributed by atoms with Crippen molar-refractivity contribution in [2.24, 2.45) is 0 Å². The van der Waals surface area contributed by atoms with Gasteiger partial charge in [0.05, 0.1) is 5.75 Å². The number of thioether (sulfide) groups is 1. The zero-order valence-electron chi connectivity index (χ0n) is 12.5. The van der Waals surface area contributed by atoms with Crippen molar-refractivity contribution in [3.05, 3.63) is 41.9 Å². The molecule has 2 rings (SSSR count). The van der Waals surface area contributed by atoms with Crippen LogP contribution in [0.5, 0.6) is 0 Å². The fourth-order valence-corrected chi connectivity index (χ4v) is 2.81. The summed E-state index contributed by atoms with van der Waals surface area (Å²) >= 11 is 7.28. The van der Waals surface area contributed by atoms with Crippen molar-refractivity contribution in [2.75, 3.05) is 19.8 Å². The summed E-state index contributed by atoms with van der Waals surface area (Å²) in [5, 5.41) is 9.79. The molecule has 0 bridgehead atoms. The van der Waals surface area contributed by atoms with E-state index in [1.165, 1.54) is 11.8 Å². The maximum Gasteiger partial charge on any atom is 0.232 e. The highest BCUT2D eigenvalue weighted by molar-refractivity contribution is 7.99. The van der Waals surface area contributed by atoms with Crippen molar-refractivity contribution in [1.82, 2.24) is 19.7 Å². The molecule has 22 heavy (non-hydrogen) atoms. The summed E-state index contributed by atoms with van der Waals surface area (Å²) in [6, 6.07) is 7.41. The summed E-state index contributed by atoms with van der Waals surface area (Å²) in [6.45, 7) is 4.34. The van der Waals surface area contributed by atoms with Gasteiger partial charge in [-0.1, -0.05) is 29.4 Å². The molecule has 0 spiro atoms. The summed E-state index contributed by atoms with van der Waals surface area (Å²) in [6.07, 6.45) is 1.78. The molecule has 0 aliphatic rings. The molecule has 0 N–H and O–H groups in total. The first-order valence-electron chi connectivity index (χ1n) is 6.66. The van der Waals surface area contributed by atoms with Gasteiger partial charge in [0, 0.05) is 31.2 Å². The first-order valence-corrected chi connectivity index (χ1v) is 8.02. The molecule has 1 aromatic heterocycles. The Morgan fingerprint density at radius 2 is 2.05 bits per heavy atom. The predicted molar refractivity (Wildman–Crippen MR) is 90.1 cm³/mol. The first kappa shape index (κ1) is 16.6. The fourth-order valence-electron chi connectivity index (χ4n) is 1.76. The van der Waals surface area contributed by atoms with E-state index >= 15 is 0 Å². The number of allylic oxidation sites excluding steroid dienone is 1. The van der Waals surface area contributed by atoms with E-state index in [4.69, 9.17) is 11.6 Å². The van der Waals surface area contributed by atoms with E-state index < -0.39 is 0 Å². The van der Waals surface area contributed by atoms with Crippen molar-refractivity contribution >= 4 is 29.3 Å². The van der Waals surface area contributed by atoms with Crippen LogP contribution in [0.15, 0.2) is 42.1 Å². The standard InChI is InChI=1S/C15H17ClN4OS/c1-4-9-20-14(11-5-7-12(16)8-6-11)17-18-15(20)22-10-13(21)19(2)3/h4-8H,1,9-10H2,2-3H3. The molecule has 2 aromatic rings. The van der Waals surface area contributed by atoms with Crippen LogP contribution in [0.3, 0.4) is 0 Å². The number of hydrogen-bond donors (Lipinski definition) is 0. The maximum atomic E-state index is 11.7. The van der Waals surface area contributed by atoms with Crippen molar-refractivity contribution in [2.45, 2.75) is 11.7 Å². The van der Waals surface area contributed by atoms with Crippen LogP contribution >= 0.6 is 23.4 Å². The van der Waals surface area contributed by atoms with Crippen molar-refractivity contribution in [3.63, 3.8) is 0 Å². The molecule has 1 heterocycles. The molecular weight excluding hydrogens is 320 g/mol. The van der Waals surface area contributed by atoms with E-state index in [1.54, 1.807) is 25.1 Å². The molecule has 0 unspecified atom stereocenters. The zero-order valence-corrected chi connectivity index (χ0v) is 14.1. The molecule has 7 heteroatoms. The minimum Gasteiger partial charge on any atom is -0.348 e. The molecule has 0 radical (unpaired) electrons. The number of carbonyl (C=O) groups is 1. The summed E-state index contributed by atoms with van der Waals surface area (Å²) in [4.78, 5) is 13.3. The molecule has 0 atom stereocenters. The number of carbonyl (C=O) groups excluding carboxylic acids is 1. The molecule has 0 saturated carbocycles. The number of aromatic nitrogens is 3. The molecule has 1 amide bonds. The average Bonchev–Trinajstić information content (AvgIpc) is 2.89. The van der Waals surface area contributed by atoms with E-state index in [0.29, 0.717) is 22.5 Å². The zero-order chi connectivity index (χ0) is 16.1. The molecule has 0 aliphatic heterocycles. The lowest BCUT2D eigenvalue weighted by Gasteiger charge is -2.10. The largest absolute Gasteiger partial charge is 0.348 e. The Kier molecular flexibility index (Phi) is 5.63. The van der Waals surface area contributed by atoms with E-state index in [2.05, 4.69) is 16.8 Å². The highest BCUT2D eigenvalue weighted by Crippen LogP contribution is 2.25. The smallest absolute Gasteiger partial charge is 0.232 e. The van der Waals surface area contributed by atoms with Gasteiger partial charge in [0.15, 0.2) is 11.0 Å². The van der Waals surface area contributed by atoms with Crippen LogP contribution in [0.1, 0.15) is 0 Å². The number of halogens is 1. The second-order valence-corrected chi connectivity index (χ2v) is 6.17. The Balaban J connectivity index is 2.26. The Bertz CT molecular complexity index is 667. The summed E-state index contributed by atoms with van der Waals surface area (Å²) < 4.78 is 1.93. The Labute approximate surface area is 139 Å². The van der Waals surface area contributed by atoms with Gasteiger partial charge in [-0.2, -0.15) is 0 Å². The lowest BCUT2D eigenvalue weighted by Crippen LogP contribution is -2.23. The van der Waals surface area contributed by atoms with E-state index in [0.717, 1.165) is 11.4 Å². The number of amides is 1. The van der Waals surface area contributed by atoms with E-state index in [1.807, 2.05) is 28.8 Å². The molecule has 1 aromatic carbocycles. The van der Waals surface area contributed by atoms with E-state index in [-0.39, 0.29) is 5.91 Å². The molecule has 0 saturated heterocycles. The predicted octanol–water partition coefficient (Wildman–Crippen LogP) is 2.96. The third kappa shape index (κ3) is 3.90. The van der Waals surface area contributed by atoms with Crippen molar-refractivity contribution in [1.29, 1.82) is 0 Å². The van der Waals surface area contributed by atoms with E-state index in [9.17, 15) is 4.79 Å². The van der Waals surface area contributed by atoms with Gasteiger partial charge < -0.3 is 4.90 Å². The number of rotatable bonds is 6. The molecule has 0 fully saturated rings. The second-order valence-electron chi connectivity index (χ2n) is 4.79. The minimum atomic E-state index is 0.0335. The maximum absolute atomic E-state index is 11.7. The third-order valence-corrected chi connectivity index (χ3v) is 4.16. The van der Waals surface area contributed by atoms with Crippen LogP contribution in [-0.2, 0) is 11.3 Å². The average molecular weight is 337 g/mol. The van der Waals surface area contributed by atoms with Crippen LogP contribution in [0.25, 0.3) is 11.4 Å². The minimum absolute atomic E-state index is 0.0335. The SMILES string of the molecule is C=CCn1c(SCC(=O)N(C)C)nnc1-c1ccc(Cl)cc1. The summed E-state index contributed by atoms with van der Waals surface area (Å²) in [5.74, 6) is 1.09. The van der Waals surface area contributed by atoms with Crippen molar-refractivity contribution < 1.29 is 4.79 Å². The molecule has 0 aliphatic carbocycles. The Hall–Kier alpha value is -1.79. The van der Waals surface area contributed by atoms with Crippen LogP contribution < -0.4 is 0 Å². The van der Waals surface area contributed by atoms with Crippen molar-refractivity contribution in [3.8, 4) is 11.4 Å². The fraction of sp³-hybridized carbons (Fsp3) is 0.267. The quantitative estimate of drug-likeness (QED) is 0.601. The lowest BCUT2D eigenvalue weighted by molar-refractivity contribution is -0.125. The highest BCUT2D eigenvalue weighted by Gasteiger charge is 2.15. The summed E-state index contributed by atoms with van der Waals surface area (Å²) in [7, 11) is 3.47. The van der Waals surface area contributed by atoms with Gasteiger partial charge in [-0.05, 0) is 24.3 Å². The van der Waals surface area contributed by atoms with Gasteiger partial charge in [0.25, 0.3) is 0 Å². The van der Waals surface area contributed by atoms with Gasteiger partial charge in [0.1, 0.15) is 0 Å². The van der Waals surface area contributed by atoms with Gasteiger partial charge in [-0.3, -0.25) is 9.36 Å². The first-order chi connectivity index (χ1) is 10.5. The normalized spacial score (nSPS) is 10.5. The number of hydrogen-bond acceptors (Lipinski definition) is 4. The van der Waals surface area contributed by atoms with Gasteiger partial charge in [-0.15, -0.1) is 16.8 Å². The number of nitrogens with zero attached hydrogens (tertiary/aromatic N) is 4. The monoisotopic (exact) mass is 336 g/mol. The summed E-state index contributed by atoms with van der Waals surface area (Å²) in [5.41, 5.74) is 0.921. The topological polar surface area (TPSA) is 51.0 Å². The van der Waals surface area contributed by atoms with Crippen LogP contribution in [0, 0.1) is 0 Å². The third-order valence-electron chi connectivity index (χ3n) is 2.95. The van der Waals surface area contributed by atoms with Gasteiger partial charge in [0.2, 0.25) is 5.91 Å². The lowest BCUT2D eigenvalue weighted by atomic mass is 10.2. The molecular formula is C15H17ClN4OS. The van der Waals surface area contributed by atoms with Gasteiger partial charge >= 0.3 is 0 Å². The second kappa shape index (κ2) is 7.47. The molecule has 5 nitrogen and oxygen atoms in total. The Morgan fingerprint density at radius 1 is 1.36 bits per heavy atom. The van der Waals surface area contributed by atoms with Gasteiger partial charge in [-0.25, -0.2) is 0 Å². The number of benzene rings is 1. The van der Waals surface area contributed by atoms with Crippen LogP contribution in [0.4, 0.5) is 0 Å².